The van der Waals surface area contributed by atoms with Crippen molar-refractivity contribution in [1.29, 1.82) is 0 Å². The van der Waals surface area contributed by atoms with Gasteiger partial charge in [-0.05, 0) is 19.3 Å². The van der Waals surface area contributed by atoms with E-state index in [2.05, 4.69) is 13.8 Å². The maximum atomic E-state index is 11.0. The van der Waals surface area contributed by atoms with Crippen molar-refractivity contribution in [2.75, 3.05) is 6.61 Å². The molecule has 13 heavy (non-hydrogen) atoms. The van der Waals surface area contributed by atoms with Gasteiger partial charge in [-0.3, -0.25) is 4.79 Å². The molecule has 0 heterocycles. The Morgan fingerprint density at radius 1 is 1.31 bits per heavy atom. The monoisotopic (exact) mass is 186 g/mol. The van der Waals surface area contributed by atoms with Crippen molar-refractivity contribution in [3.05, 3.63) is 0 Å². The van der Waals surface area contributed by atoms with Crippen LogP contribution in [0.4, 0.5) is 0 Å². The second kappa shape index (κ2) is 8.09. The summed E-state index contributed by atoms with van der Waals surface area (Å²) >= 11 is 0. The molecule has 0 aromatic rings. The summed E-state index contributed by atoms with van der Waals surface area (Å²) in [5, 5.41) is 0. The minimum Gasteiger partial charge on any atom is -0.466 e. The molecule has 2 nitrogen and oxygen atoms in total. The van der Waals surface area contributed by atoms with E-state index in [9.17, 15) is 4.79 Å². The fourth-order valence-corrected chi connectivity index (χ4v) is 1.29. The van der Waals surface area contributed by atoms with Gasteiger partial charge in [0, 0.05) is 6.42 Å². The summed E-state index contributed by atoms with van der Waals surface area (Å²) in [4.78, 5) is 11.0. The summed E-state index contributed by atoms with van der Waals surface area (Å²) in [5.41, 5.74) is 0. The van der Waals surface area contributed by atoms with Gasteiger partial charge < -0.3 is 4.74 Å². The molecule has 0 aliphatic heterocycles. The molecule has 0 amide bonds. The van der Waals surface area contributed by atoms with Crippen LogP contribution in [0.5, 0.6) is 0 Å². The lowest BCUT2D eigenvalue weighted by Gasteiger charge is -2.09. The maximum absolute atomic E-state index is 11.0. The third-order valence-electron chi connectivity index (χ3n) is 2.20. The Kier molecular flexibility index (Phi) is 7.76. The van der Waals surface area contributed by atoms with Gasteiger partial charge in [0.15, 0.2) is 0 Å². The third-order valence-corrected chi connectivity index (χ3v) is 2.20. The van der Waals surface area contributed by atoms with Crippen LogP contribution in [0.3, 0.4) is 0 Å². The van der Waals surface area contributed by atoms with Gasteiger partial charge in [-0.15, -0.1) is 0 Å². The van der Waals surface area contributed by atoms with Gasteiger partial charge >= 0.3 is 5.97 Å². The van der Waals surface area contributed by atoms with E-state index in [4.69, 9.17) is 4.74 Å². The van der Waals surface area contributed by atoms with E-state index in [1.807, 2.05) is 6.92 Å². The van der Waals surface area contributed by atoms with E-state index in [0.29, 0.717) is 18.9 Å². The molecule has 0 aliphatic carbocycles. The minimum absolute atomic E-state index is 0.0501. The number of hydrogen-bond donors (Lipinski definition) is 0. The van der Waals surface area contributed by atoms with Crippen LogP contribution in [0, 0.1) is 5.92 Å². The van der Waals surface area contributed by atoms with E-state index in [0.717, 1.165) is 6.42 Å². The van der Waals surface area contributed by atoms with Crippen LogP contribution in [-0.4, -0.2) is 12.6 Å². The van der Waals surface area contributed by atoms with Crippen LogP contribution in [0.1, 0.15) is 52.9 Å². The summed E-state index contributed by atoms with van der Waals surface area (Å²) in [7, 11) is 0. The van der Waals surface area contributed by atoms with E-state index >= 15 is 0 Å². The van der Waals surface area contributed by atoms with Crippen molar-refractivity contribution in [3.63, 3.8) is 0 Å². The summed E-state index contributed by atoms with van der Waals surface area (Å²) in [6, 6.07) is 0. The first-order valence-electron chi connectivity index (χ1n) is 5.36. The molecule has 0 bridgehead atoms. The Morgan fingerprint density at radius 2 is 2.00 bits per heavy atom. The molecular formula is C11H22O2. The smallest absolute Gasteiger partial charge is 0.305 e. The fraction of sp³-hybridized carbons (Fsp3) is 0.909. The molecule has 1 unspecified atom stereocenters. The maximum Gasteiger partial charge on any atom is 0.305 e. The van der Waals surface area contributed by atoms with Gasteiger partial charge in [-0.25, -0.2) is 0 Å². The number of carbonyl (C=O) groups excluding carboxylic acids is 1. The number of rotatable bonds is 7. The van der Waals surface area contributed by atoms with Gasteiger partial charge in [-0.1, -0.05) is 33.1 Å². The summed E-state index contributed by atoms with van der Waals surface area (Å²) in [6.07, 6.45) is 5.29. The normalized spacial score (nSPS) is 12.5. The number of esters is 1. The number of hydrogen-bond acceptors (Lipinski definition) is 2. The molecule has 1 atom stereocenters. The molecule has 0 spiro atoms. The number of unbranched alkanes of at least 4 members (excludes halogenated alkanes) is 1. The van der Waals surface area contributed by atoms with E-state index in [1.54, 1.807) is 0 Å². The Hall–Kier alpha value is -0.530. The summed E-state index contributed by atoms with van der Waals surface area (Å²) < 4.78 is 4.86. The molecule has 78 valence electrons. The zero-order valence-electron chi connectivity index (χ0n) is 9.14. The van der Waals surface area contributed by atoms with Crippen molar-refractivity contribution in [1.82, 2.24) is 0 Å². The number of ether oxygens (including phenoxy) is 1. The average molecular weight is 186 g/mol. The molecule has 0 aromatic heterocycles. The lowest BCUT2D eigenvalue weighted by molar-refractivity contribution is -0.143. The van der Waals surface area contributed by atoms with Gasteiger partial charge in [0.2, 0.25) is 0 Å². The van der Waals surface area contributed by atoms with Crippen LogP contribution in [0.15, 0.2) is 0 Å². The molecule has 0 aromatic carbocycles. The molecule has 0 aliphatic rings. The Balaban J connectivity index is 3.34. The summed E-state index contributed by atoms with van der Waals surface area (Å²) in [6.45, 7) is 6.74. The zero-order valence-corrected chi connectivity index (χ0v) is 9.14. The minimum atomic E-state index is -0.0501. The molecule has 0 saturated heterocycles. The number of carbonyl (C=O) groups is 1. The Labute approximate surface area is 81.7 Å². The van der Waals surface area contributed by atoms with Crippen molar-refractivity contribution in [3.8, 4) is 0 Å². The molecule has 0 N–H and O–H groups in total. The molecular weight excluding hydrogens is 164 g/mol. The van der Waals surface area contributed by atoms with Crippen molar-refractivity contribution < 1.29 is 9.53 Å². The topological polar surface area (TPSA) is 26.3 Å². The van der Waals surface area contributed by atoms with E-state index < -0.39 is 0 Å². The molecule has 0 saturated carbocycles. The summed E-state index contributed by atoms with van der Waals surface area (Å²) in [5.74, 6) is 0.607. The first-order valence-corrected chi connectivity index (χ1v) is 5.36. The van der Waals surface area contributed by atoms with Crippen molar-refractivity contribution in [2.45, 2.75) is 52.9 Å². The van der Waals surface area contributed by atoms with Crippen molar-refractivity contribution >= 4 is 5.97 Å². The fourth-order valence-electron chi connectivity index (χ4n) is 1.29. The third kappa shape index (κ3) is 7.82. The Morgan fingerprint density at radius 3 is 2.54 bits per heavy atom. The second-order valence-corrected chi connectivity index (χ2v) is 3.59. The van der Waals surface area contributed by atoms with Crippen LogP contribution in [0.25, 0.3) is 0 Å². The van der Waals surface area contributed by atoms with Crippen molar-refractivity contribution in [2.24, 2.45) is 5.92 Å². The van der Waals surface area contributed by atoms with E-state index in [-0.39, 0.29) is 5.97 Å². The van der Waals surface area contributed by atoms with Gasteiger partial charge in [0.05, 0.1) is 6.61 Å². The van der Waals surface area contributed by atoms with E-state index in [1.165, 1.54) is 19.3 Å². The van der Waals surface area contributed by atoms with Gasteiger partial charge in [-0.2, -0.15) is 0 Å². The lowest BCUT2D eigenvalue weighted by atomic mass is 9.99. The quantitative estimate of drug-likeness (QED) is 0.571. The molecule has 0 fully saturated rings. The zero-order chi connectivity index (χ0) is 10.1. The highest BCUT2D eigenvalue weighted by Gasteiger charge is 2.06. The average Bonchev–Trinajstić information content (AvgIpc) is 2.12. The lowest BCUT2D eigenvalue weighted by Crippen LogP contribution is -2.06. The van der Waals surface area contributed by atoms with Crippen LogP contribution >= 0.6 is 0 Å². The Bertz CT molecular complexity index is 132. The predicted octanol–water partition coefficient (Wildman–Crippen LogP) is 3.16. The highest BCUT2D eigenvalue weighted by Crippen LogP contribution is 2.13. The second-order valence-electron chi connectivity index (χ2n) is 3.59. The molecule has 0 rings (SSSR count). The first-order chi connectivity index (χ1) is 6.20. The van der Waals surface area contributed by atoms with Crippen LogP contribution in [0.2, 0.25) is 0 Å². The molecule has 0 radical (unpaired) electrons. The predicted molar refractivity (Wildman–Crippen MR) is 54.6 cm³/mol. The molecule has 2 heteroatoms. The van der Waals surface area contributed by atoms with Gasteiger partial charge in [0.1, 0.15) is 0 Å². The highest BCUT2D eigenvalue weighted by atomic mass is 16.5. The van der Waals surface area contributed by atoms with Crippen LogP contribution < -0.4 is 0 Å². The largest absolute Gasteiger partial charge is 0.466 e. The standard InChI is InChI=1S/C11H22O2/c1-4-6-7-10(3)8-9-11(12)13-5-2/h10H,4-9H2,1-3H3. The van der Waals surface area contributed by atoms with Crippen LogP contribution in [-0.2, 0) is 9.53 Å². The first kappa shape index (κ1) is 12.5. The van der Waals surface area contributed by atoms with Gasteiger partial charge in [0.25, 0.3) is 0 Å². The highest BCUT2D eigenvalue weighted by molar-refractivity contribution is 5.69. The SMILES string of the molecule is CCCCC(C)CCC(=O)OCC.